The molecule has 12 heteroatoms. The maximum atomic E-state index is 14.1. The van der Waals surface area contributed by atoms with Crippen molar-refractivity contribution < 1.29 is 28.6 Å². The highest BCUT2D eigenvalue weighted by atomic mass is 35.5. The Bertz CT molecular complexity index is 1220. The van der Waals surface area contributed by atoms with E-state index in [-0.39, 0.29) is 23.0 Å². The number of aliphatic hydroxyl groups is 1. The average molecular weight is 469 g/mol. The lowest BCUT2D eigenvalue weighted by Gasteiger charge is -2.42. The monoisotopic (exact) mass is 468 g/mol. The Kier molecular flexibility index (Phi) is 5.33. The molecule has 9 nitrogen and oxygen atoms in total. The van der Waals surface area contributed by atoms with Gasteiger partial charge in [0, 0.05) is 19.2 Å². The van der Waals surface area contributed by atoms with Crippen molar-refractivity contribution in [2.75, 3.05) is 18.6 Å². The number of aliphatic hydroxyl groups excluding tert-OH is 1. The number of halogens is 3. The molecule has 1 aromatic heterocycles. The summed E-state index contributed by atoms with van der Waals surface area (Å²) in [4.78, 5) is 39.8. The molecule has 32 heavy (non-hydrogen) atoms. The molecule has 0 spiro atoms. The first-order valence-corrected chi connectivity index (χ1v) is 10.1. The zero-order chi connectivity index (χ0) is 23.5. The van der Waals surface area contributed by atoms with Crippen LogP contribution in [-0.4, -0.2) is 51.4 Å². The third kappa shape index (κ3) is 3.03. The number of aromatic hydroxyl groups is 1. The number of carbonyl (C=O) groups is 2. The molecule has 0 radical (unpaired) electrons. The Hall–Kier alpha value is -3.18. The summed E-state index contributed by atoms with van der Waals surface area (Å²) in [7, 11) is 1.50. The lowest BCUT2D eigenvalue weighted by molar-refractivity contribution is 0.0630. The number of hydrogen-bond acceptors (Lipinski definition) is 6. The second-order valence-electron chi connectivity index (χ2n) is 7.55. The first kappa shape index (κ1) is 22.0. The average Bonchev–Trinajstić information content (AvgIpc) is 3.08. The van der Waals surface area contributed by atoms with Crippen LogP contribution in [0, 0.1) is 11.6 Å². The Balaban J connectivity index is 1.80. The first-order chi connectivity index (χ1) is 15.1. The van der Waals surface area contributed by atoms with Gasteiger partial charge in [-0.3, -0.25) is 19.4 Å². The number of amides is 2. The van der Waals surface area contributed by atoms with Gasteiger partial charge < -0.3 is 20.4 Å². The van der Waals surface area contributed by atoms with Crippen molar-refractivity contribution in [1.82, 2.24) is 14.9 Å². The molecule has 0 saturated carbocycles. The third-order valence-electron chi connectivity index (χ3n) is 5.77. The van der Waals surface area contributed by atoms with Gasteiger partial charge in [0.25, 0.3) is 11.8 Å². The maximum absolute atomic E-state index is 14.1. The van der Waals surface area contributed by atoms with Crippen LogP contribution in [0.4, 0.5) is 8.78 Å². The number of pyridine rings is 1. The lowest BCUT2D eigenvalue weighted by Crippen LogP contribution is -2.58. The quantitative estimate of drug-likeness (QED) is 0.581. The van der Waals surface area contributed by atoms with E-state index >= 15 is 0 Å². The molecule has 2 unspecified atom stereocenters. The van der Waals surface area contributed by atoms with Gasteiger partial charge in [-0.05, 0) is 18.6 Å². The van der Waals surface area contributed by atoms with Gasteiger partial charge in [-0.25, -0.2) is 13.5 Å². The SMILES string of the molecule is CCC1N(C)C(=O)c2c(O)c(=O)c(C(=O)NCc3c(F)ccc(Cl)c3F)c3n2N1CC3O. The summed E-state index contributed by atoms with van der Waals surface area (Å²) >= 11 is 5.65. The fraction of sp³-hybridized carbons (Fsp3) is 0.350. The van der Waals surface area contributed by atoms with Gasteiger partial charge in [0.05, 0.1) is 17.3 Å². The van der Waals surface area contributed by atoms with Crippen molar-refractivity contribution in [3.8, 4) is 5.75 Å². The predicted molar refractivity (Wildman–Crippen MR) is 109 cm³/mol. The van der Waals surface area contributed by atoms with Crippen molar-refractivity contribution in [1.29, 1.82) is 0 Å². The summed E-state index contributed by atoms with van der Waals surface area (Å²) in [5.74, 6) is -4.69. The van der Waals surface area contributed by atoms with E-state index < -0.39 is 64.6 Å². The van der Waals surface area contributed by atoms with E-state index in [2.05, 4.69) is 5.32 Å². The molecule has 2 amide bonds. The van der Waals surface area contributed by atoms with Crippen LogP contribution in [0.3, 0.4) is 0 Å². The van der Waals surface area contributed by atoms with Crippen molar-refractivity contribution in [3.63, 3.8) is 0 Å². The Morgan fingerprint density at radius 1 is 1.31 bits per heavy atom. The fourth-order valence-electron chi connectivity index (χ4n) is 4.23. The summed E-state index contributed by atoms with van der Waals surface area (Å²) in [5.41, 5.74) is -2.84. The smallest absolute Gasteiger partial charge is 0.277 e. The van der Waals surface area contributed by atoms with Gasteiger partial charge in [-0.15, -0.1) is 0 Å². The highest BCUT2D eigenvalue weighted by Gasteiger charge is 2.46. The molecule has 3 heterocycles. The molecule has 3 N–H and O–H groups in total. The van der Waals surface area contributed by atoms with Crippen LogP contribution < -0.4 is 15.8 Å². The van der Waals surface area contributed by atoms with E-state index in [1.807, 2.05) is 6.92 Å². The molecule has 2 atom stereocenters. The Labute approximate surface area is 185 Å². The van der Waals surface area contributed by atoms with E-state index in [9.17, 15) is 33.4 Å². The molecular formula is C20H19ClF2N4O5. The normalized spacial score (nSPS) is 19.4. The topological polar surface area (TPSA) is 115 Å². The van der Waals surface area contributed by atoms with E-state index in [0.29, 0.717) is 6.42 Å². The van der Waals surface area contributed by atoms with Crippen molar-refractivity contribution >= 4 is 23.4 Å². The van der Waals surface area contributed by atoms with E-state index in [0.717, 1.165) is 12.1 Å². The van der Waals surface area contributed by atoms with Crippen LogP contribution in [-0.2, 0) is 6.54 Å². The number of benzene rings is 1. The Morgan fingerprint density at radius 2 is 2.00 bits per heavy atom. The van der Waals surface area contributed by atoms with Crippen LogP contribution >= 0.6 is 11.6 Å². The largest absolute Gasteiger partial charge is 0.502 e. The van der Waals surface area contributed by atoms with Crippen LogP contribution in [0.5, 0.6) is 5.75 Å². The number of nitrogens with one attached hydrogen (secondary N) is 1. The van der Waals surface area contributed by atoms with E-state index in [1.54, 1.807) is 5.01 Å². The number of nitrogens with zero attached hydrogens (tertiary/aromatic N) is 3. The number of rotatable bonds is 4. The summed E-state index contributed by atoms with van der Waals surface area (Å²) in [6.45, 7) is 1.13. The molecule has 0 fully saturated rings. The molecule has 170 valence electrons. The summed E-state index contributed by atoms with van der Waals surface area (Å²) in [6, 6.07) is 1.95. The Morgan fingerprint density at radius 3 is 2.66 bits per heavy atom. The lowest BCUT2D eigenvalue weighted by atomic mass is 10.1. The minimum Gasteiger partial charge on any atom is -0.502 e. The second kappa shape index (κ2) is 7.75. The van der Waals surface area contributed by atoms with Crippen LogP contribution in [0.25, 0.3) is 0 Å². The number of aromatic nitrogens is 1. The van der Waals surface area contributed by atoms with Crippen LogP contribution in [0.1, 0.15) is 51.6 Å². The molecule has 2 aliphatic heterocycles. The summed E-state index contributed by atoms with van der Waals surface area (Å²) in [5, 5.41) is 24.6. The summed E-state index contributed by atoms with van der Waals surface area (Å²) in [6.07, 6.45) is -1.34. The highest BCUT2D eigenvalue weighted by molar-refractivity contribution is 6.30. The molecule has 2 aromatic rings. The number of hydrogen-bond donors (Lipinski definition) is 3. The molecule has 2 aliphatic rings. The fourth-order valence-corrected chi connectivity index (χ4v) is 4.41. The van der Waals surface area contributed by atoms with Gasteiger partial charge in [0.15, 0.2) is 11.4 Å². The maximum Gasteiger partial charge on any atom is 0.277 e. The van der Waals surface area contributed by atoms with Crippen molar-refractivity contribution in [3.05, 3.63) is 61.5 Å². The molecular weight excluding hydrogens is 450 g/mol. The number of carbonyl (C=O) groups excluding carboxylic acids is 2. The standard InChI is InChI=1S/C20H19ClF2N4O5/c1-3-12-25(2)20(32)16-18(30)17(29)13(15-11(28)7-26(12)27(15)16)19(31)24-6-8-10(22)5-4-9(21)14(8)23/h4-5,11-12,28,30H,3,6-7H2,1-2H3,(H,24,31). The van der Waals surface area contributed by atoms with Gasteiger partial charge in [0.1, 0.15) is 29.5 Å². The highest BCUT2D eigenvalue weighted by Crippen LogP contribution is 2.35. The molecule has 0 saturated heterocycles. The summed E-state index contributed by atoms with van der Waals surface area (Å²) < 4.78 is 29.3. The van der Waals surface area contributed by atoms with E-state index in [1.165, 1.54) is 16.6 Å². The third-order valence-corrected chi connectivity index (χ3v) is 6.06. The van der Waals surface area contributed by atoms with Crippen molar-refractivity contribution in [2.24, 2.45) is 0 Å². The molecule has 0 bridgehead atoms. The van der Waals surface area contributed by atoms with Crippen LogP contribution in [0.15, 0.2) is 16.9 Å². The zero-order valence-corrected chi connectivity index (χ0v) is 17.8. The predicted octanol–water partition coefficient (Wildman–Crippen LogP) is 1.22. The second-order valence-corrected chi connectivity index (χ2v) is 7.95. The molecule has 4 rings (SSSR count). The minimum atomic E-state index is -1.32. The molecule has 1 aromatic carbocycles. The first-order valence-electron chi connectivity index (χ1n) is 9.74. The van der Waals surface area contributed by atoms with Crippen LogP contribution in [0.2, 0.25) is 5.02 Å². The molecule has 0 aliphatic carbocycles. The van der Waals surface area contributed by atoms with Crippen molar-refractivity contribution in [2.45, 2.75) is 32.2 Å². The van der Waals surface area contributed by atoms with Gasteiger partial charge >= 0.3 is 0 Å². The zero-order valence-electron chi connectivity index (χ0n) is 17.0. The van der Waals surface area contributed by atoms with Gasteiger partial charge in [0.2, 0.25) is 5.43 Å². The van der Waals surface area contributed by atoms with E-state index in [4.69, 9.17) is 11.6 Å². The van der Waals surface area contributed by atoms with Gasteiger partial charge in [-0.1, -0.05) is 18.5 Å². The minimum absolute atomic E-state index is 0.0378. The van der Waals surface area contributed by atoms with Gasteiger partial charge in [-0.2, -0.15) is 0 Å².